The number of nitrogens with one attached hydrogen (secondary N) is 2. The Morgan fingerprint density at radius 2 is 2.00 bits per heavy atom. The van der Waals surface area contributed by atoms with Gasteiger partial charge in [-0.15, -0.1) is 0 Å². The van der Waals surface area contributed by atoms with Gasteiger partial charge >= 0.3 is 0 Å². The third-order valence-corrected chi connectivity index (χ3v) is 4.51. The van der Waals surface area contributed by atoms with Crippen molar-refractivity contribution >= 4 is 29.2 Å². The highest BCUT2D eigenvalue weighted by molar-refractivity contribution is 6.41. The quantitative estimate of drug-likeness (QED) is 0.601. The molecule has 23 heavy (non-hydrogen) atoms. The largest absolute Gasteiger partial charge is 0.379 e. The summed E-state index contributed by atoms with van der Waals surface area (Å²) in [5.41, 5.74) is 1.01. The van der Waals surface area contributed by atoms with Crippen LogP contribution in [-0.2, 0) is 18.3 Å². The van der Waals surface area contributed by atoms with Crippen LogP contribution in [0, 0.1) is 5.41 Å². The topological polar surface area (TPSA) is 50.6 Å². The second-order valence-corrected chi connectivity index (χ2v) is 7.27. The van der Waals surface area contributed by atoms with Crippen molar-refractivity contribution in [2.24, 2.45) is 17.5 Å². The number of guanidine groups is 1. The van der Waals surface area contributed by atoms with Gasteiger partial charge in [0.1, 0.15) is 5.15 Å². The lowest BCUT2D eigenvalue weighted by Gasteiger charge is -2.30. The number of aliphatic imine (C=N–C) groups is 1. The fourth-order valence-corrected chi connectivity index (χ4v) is 2.59. The Balaban J connectivity index is 2.75. The number of nitrogens with zero attached hydrogens (tertiary/aromatic N) is 2. The fourth-order valence-electron chi connectivity index (χ4n) is 2.17. The molecule has 5 nitrogen and oxygen atoms in total. The van der Waals surface area contributed by atoms with Gasteiger partial charge in [0.05, 0.1) is 17.7 Å². The predicted molar refractivity (Wildman–Crippen MR) is 98.5 cm³/mol. The van der Waals surface area contributed by atoms with Crippen molar-refractivity contribution in [1.82, 2.24) is 15.2 Å². The van der Waals surface area contributed by atoms with Gasteiger partial charge in [0.25, 0.3) is 0 Å². The zero-order chi connectivity index (χ0) is 17.6. The Morgan fingerprint density at radius 3 is 2.43 bits per heavy atom. The van der Waals surface area contributed by atoms with E-state index in [0.29, 0.717) is 23.3 Å². The molecule has 1 rings (SSSR count). The molecule has 0 radical (unpaired) electrons. The van der Waals surface area contributed by atoms with E-state index < -0.39 is 0 Å². The predicted octanol–water partition coefficient (Wildman–Crippen LogP) is 3.45. The van der Waals surface area contributed by atoms with Crippen LogP contribution in [0.4, 0.5) is 0 Å². The maximum atomic E-state index is 6.08. The van der Waals surface area contributed by atoms with Crippen LogP contribution in [-0.4, -0.2) is 36.8 Å². The summed E-state index contributed by atoms with van der Waals surface area (Å²) in [5, 5.41) is 7.64. The van der Waals surface area contributed by atoms with E-state index in [9.17, 15) is 0 Å². The minimum atomic E-state index is 0.0538. The van der Waals surface area contributed by atoms with E-state index in [-0.39, 0.29) is 11.5 Å². The van der Waals surface area contributed by atoms with Gasteiger partial charge in [0, 0.05) is 32.9 Å². The lowest BCUT2D eigenvalue weighted by molar-refractivity contribution is 0.0205. The van der Waals surface area contributed by atoms with Gasteiger partial charge in [-0.2, -0.15) is 0 Å². The highest BCUT2D eigenvalue weighted by Crippen LogP contribution is 2.25. The lowest BCUT2D eigenvalue weighted by atomic mass is 9.89. The van der Waals surface area contributed by atoms with Crippen molar-refractivity contribution in [2.75, 3.05) is 20.2 Å². The molecule has 1 atom stereocenters. The Hall–Kier alpha value is -0.910. The Bertz CT molecular complexity index is 535. The molecule has 0 aliphatic heterocycles. The summed E-state index contributed by atoms with van der Waals surface area (Å²) in [6, 6.07) is 1.84. The summed E-state index contributed by atoms with van der Waals surface area (Å²) < 4.78 is 7.40. The third-order valence-electron chi connectivity index (χ3n) is 3.66. The van der Waals surface area contributed by atoms with E-state index in [0.717, 1.165) is 18.2 Å². The van der Waals surface area contributed by atoms with E-state index >= 15 is 0 Å². The molecule has 0 saturated heterocycles. The molecule has 0 aliphatic rings. The van der Waals surface area contributed by atoms with Crippen LogP contribution in [0.25, 0.3) is 0 Å². The zero-order valence-corrected chi connectivity index (χ0v) is 16.3. The van der Waals surface area contributed by atoms with Crippen LogP contribution in [0.15, 0.2) is 11.1 Å². The Morgan fingerprint density at radius 1 is 1.35 bits per heavy atom. The average molecular weight is 363 g/mol. The van der Waals surface area contributed by atoms with Crippen molar-refractivity contribution in [1.29, 1.82) is 0 Å². The number of ether oxygens (including phenoxy) is 1. The lowest BCUT2D eigenvalue weighted by Crippen LogP contribution is -2.45. The molecule has 0 amide bonds. The third kappa shape index (κ3) is 5.90. The summed E-state index contributed by atoms with van der Waals surface area (Å²) in [4.78, 5) is 4.59. The molecule has 0 saturated carbocycles. The van der Waals surface area contributed by atoms with E-state index in [1.807, 2.05) is 24.6 Å². The molecule has 1 unspecified atom stereocenters. The molecule has 7 heteroatoms. The van der Waals surface area contributed by atoms with Crippen molar-refractivity contribution in [3.05, 3.63) is 21.9 Å². The van der Waals surface area contributed by atoms with Gasteiger partial charge in [0.15, 0.2) is 5.96 Å². The van der Waals surface area contributed by atoms with Crippen LogP contribution in [0.1, 0.15) is 33.4 Å². The maximum Gasteiger partial charge on any atom is 0.191 e. The second-order valence-electron chi connectivity index (χ2n) is 6.50. The molecule has 132 valence electrons. The van der Waals surface area contributed by atoms with Crippen LogP contribution in [0.5, 0.6) is 0 Å². The van der Waals surface area contributed by atoms with Crippen LogP contribution < -0.4 is 10.6 Å². The molecule has 1 heterocycles. The molecule has 1 aromatic heterocycles. The van der Waals surface area contributed by atoms with Gasteiger partial charge < -0.3 is 19.9 Å². The number of aromatic nitrogens is 1. The van der Waals surface area contributed by atoms with E-state index in [1.165, 1.54) is 0 Å². The zero-order valence-electron chi connectivity index (χ0n) is 14.8. The second kappa shape index (κ2) is 8.81. The first kappa shape index (κ1) is 20.1. The first-order chi connectivity index (χ1) is 10.7. The number of hydrogen-bond acceptors (Lipinski definition) is 2. The summed E-state index contributed by atoms with van der Waals surface area (Å²) >= 11 is 12.1. The highest BCUT2D eigenvalue weighted by Gasteiger charge is 2.24. The number of rotatable bonds is 6. The van der Waals surface area contributed by atoms with Crippen LogP contribution in [0.3, 0.4) is 0 Å². The monoisotopic (exact) mass is 362 g/mol. The van der Waals surface area contributed by atoms with Gasteiger partial charge in [0.2, 0.25) is 0 Å². The molecule has 1 aromatic rings. The minimum absolute atomic E-state index is 0.0538. The summed E-state index contributed by atoms with van der Waals surface area (Å²) in [7, 11) is 3.61. The molecule has 0 fully saturated rings. The standard InChI is InChI=1S/C16H28Cl2N4O/c1-7-19-15(21-10-13(23-6)16(2,3)4)20-9-11-8-12(17)14(18)22(11)5/h8,13H,7,9-10H2,1-6H3,(H2,19,20,21). The first-order valence-electron chi connectivity index (χ1n) is 7.75. The maximum absolute atomic E-state index is 6.08. The minimum Gasteiger partial charge on any atom is -0.379 e. The molecule has 0 bridgehead atoms. The van der Waals surface area contributed by atoms with Gasteiger partial charge in [-0.1, -0.05) is 44.0 Å². The van der Waals surface area contributed by atoms with Crippen LogP contribution in [0.2, 0.25) is 10.2 Å². The number of halogens is 2. The van der Waals surface area contributed by atoms with Crippen molar-refractivity contribution in [2.45, 2.75) is 40.3 Å². The van der Waals surface area contributed by atoms with E-state index in [2.05, 4.69) is 36.4 Å². The summed E-state index contributed by atoms with van der Waals surface area (Å²) in [6.07, 6.45) is 0.0882. The summed E-state index contributed by atoms with van der Waals surface area (Å²) in [5.74, 6) is 0.743. The van der Waals surface area contributed by atoms with E-state index in [4.69, 9.17) is 27.9 Å². The van der Waals surface area contributed by atoms with E-state index in [1.54, 1.807) is 7.11 Å². The van der Waals surface area contributed by atoms with Gasteiger partial charge in [-0.25, -0.2) is 4.99 Å². The molecular weight excluding hydrogens is 335 g/mol. The molecule has 0 spiro atoms. The number of methoxy groups -OCH3 is 1. The summed E-state index contributed by atoms with van der Waals surface area (Å²) in [6.45, 7) is 10.5. The molecular formula is C16H28Cl2N4O. The molecule has 0 aromatic carbocycles. The fraction of sp³-hybridized carbons (Fsp3) is 0.688. The normalized spacial score (nSPS) is 14.0. The van der Waals surface area contributed by atoms with Crippen molar-refractivity contribution < 1.29 is 4.74 Å². The highest BCUT2D eigenvalue weighted by atomic mass is 35.5. The van der Waals surface area contributed by atoms with Crippen LogP contribution >= 0.6 is 23.2 Å². The van der Waals surface area contributed by atoms with Crippen molar-refractivity contribution in [3.63, 3.8) is 0 Å². The smallest absolute Gasteiger partial charge is 0.191 e. The molecule has 2 N–H and O–H groups in total. The first-order valence-corrected chi connectivity index (χ1v) is 8.50. The Labute approximate surface area is 149 Å². The Kier molecular flexibility index (Phi) is 7.71. The average Bonchev–Trinajstić information content (AvgIpc) is 2.71. The van der Waals surface area contributed by atoms with Gasteiger partial charge in [-0.05, 0) is 18.4 Å². The number of hydrogen-bond donors (Lipinski definition) is 2. The SMILES string of the molecule is CCNC(=NCc1cc(Cl)c(Cl)n1C)NCC(OC)C(C)(C)C. The van der Waals surface area contributed by atoms with Crippen molar-refractivity contribution in [3.8, 4) is 0 Å². The van der Waals surface area contributed by atoms with Gasteiger partial charge in [-0.3, -0.25) is 0 Å². The molecule has 0 aliphatic carbocycles.